The zero-order chi connectivity index (χ0) is 23.9. The molecule has 2 heterocycles. The Balaban J connectivity index is 1.52. The van der Waals surface area contributed by atoms with Gasteiger partial charge in [-0.2, -0.15) is 0 Å². The van der Waals surface area contributed by atoms with Gasteiger partial charge in [-0.05, 0) is 96.8 Å². The number of carboxylic acids is 1. The third kappa shape index (κ3) is 4.08. The van der Waals surface area contributed by atoms with Crippen molar-refractivity contribution in [3.8, 4) is 34.0 Å². The maximum Gasteiger partial charge on any atom is 0.335 e. The number of benzene rings is 3. The van der Waals surface area contributed by atoms with E-state index in [0.29, 0.717) is 0 Å². The summed E-state index contributed by atoms with van der Waals surface area (Å²) in [5.41, 5.74) is 6.95. The summed E-state index contributed by atoms with van der Waals surface area (Å²) in [6, 6.07) is 25.2. The van der Waals surface area contributed by atoms with E-state index in [-0.39, 0.29) is 5.56 Å². The van der Waals surface area contributed by atoms with E-state index in [0.717, 1.165) is 50.7 Å². The van der Waals surface area contributed by atoms with Crippen molar-refractivity contribution in [1.82, 2.24) is 4.98 Å². The van der Waals surface area contributed by atoms with E-state index >= 15 is 0 Å². The fourth-order valence-corrected chi connectivity index (χ4v) is 4.27. The summed E-state index contributed by atoms with van der Waals surface area (Å²) in [6.07, 6.45) is 2.16. The maximum atomic E-state index is 11.1. The Morgan fingerprint density at radius 2 is 1.47 bits per heavy atom. The first kappa shape index (κ1) is 21.6. The van der Waals surface area contributed by atoms with E-state index in [9.17, 15) is 4.79 Å². The first-order valence-electron chi connectivity index (χ1n) is 11.1. The molecule has 0 atom stereocenters. The highest BCUT2D eigenvalue weighted by molar-refractivity contribution is 5.89. The van der Waals surface area contributed by atoms with Crippen LogP contribution in [0.15, 0.2) is 84.9 Å². The summed E-state index contributed by atoms with van der Waals surface area (Å²) in [7, 11) is 1.67. The number of fused-ring (bicyclic) bond motifs is 1. The molecule has 0 aliphatic carbocycles. The predicted octanol–water partition coefficient (Wildman–Crippen LogP) is 6.66. The fraction of sp³-hybridized carbons (Fsp3) is 0.138. The van der Waals surface area contributed by atoms with Crippen molar-refractivity contribution in [1.29, 1.82) is 0 Å². The topological polar surface area (TPSA) is 71.6 Å². The van der Waals surface area contributed by atoms with Crippen molar-refractivity contribution >= 4 is 11.5 Å². The molecule has 3 aromatic carbocycles. The van der Waals surface area contributed by atoms with Crippen molar-refractivity contribution in [2.45, 2.75) is 19.4 Å². The van der Waals surface area contributed by atoms with Crippen molar-refractivity contribution in [2.24, 2.45) is 0 Å². The summed E-state index contributed by atoms with van der Waals surface area (Å²) in [5.74, 6) is 0.733. The second kappa shape index (κ2) is 8.27. The summed E-state index contributed by atoms with van der Waals surface area (Å²) in [6.45, 7) is 4.11. The van der Waals surface area contributed by atoms with Crippen LogP contribution in [-0.4, -0.2) is 28.8 Å². The molecular weight excluding hydrogens is 426 g/mol. The predicted molar refractivity (Wildman–Crippen MR) is 133 cm³/mol. The van der Waals surface area contributed by atoms with Crippen molar-refractivity contribution in [2.75, 3.05) is 7.11 Å². The number of hydrogen-bond donors (Lipinski definition) is 2. The number of H-pyrrole nitrogens is 1. The van der Waals surface area contributed by atoms with Gasteiger partial charge in [0.05, 0.1) is 12.7 Å². The summed E-state index contributed by atoms with van der Waals surface area (Å²) in [5, 5.41) is 9.13. The van der Waals surface area contributed by atoms with Gasteiger partial charge in [0.2, 0.25) is 0 Å². The quantitative estimate of drug-likeness (QED) is 0.356. The van der Waals surface area contributed by atoms with Crippen molar-refractivity contribution < 1.29 is 19.4 Å². The lowest BCUT2D eigenvalue weighted by atomic mass is 9.89. The van der Waals surface area contributed by atoms with Crippen LogP contribution in [-0.2, 0) is 0 Å². The first-order valence-corrected chi connectivity index (χ1v) is 11.1. The lowest BCUT2D eigenvalue weighted by molar-refractivity contribution is 0.0697. The van der Waals surface area contributed by atoms with Crippen LogP contribution in [0.3, 0.4) is 0 Å². The second-order valence-corrected chi connectivity index (χ2v) is 8.87. The summed E-state index contributed by atoms with van der Waals surface area (Å²) >= 11 is 0. The van der Waals surface area contributed by atoms with Gasteiger partial charge in [0.25, 0.3) is 0 Å². The van der Waals surface area contributed by atoms with Gasteiger partial charge < -0.3 is 19.6 Å². The van der Waals surface area contributed by atoms with E-state index in [1.165, 1.54) is 0 Å². The minimum atomic E-state index is -0.932. The van der Waals surface area contributed by atoms with Gasteiger partial charge in [-0.25, -0.2) is 4.79 Å². The van der Waals surface area contributed by atoms with Gasteiger partial charge in [-0.3, -0.25) is 0 Å². The molecule has 0 unspecified atom stereocenters. The highest BCUT2D eigenvalue weighted by Gasteiger charge is 2.27. The van der Waals surface area contributed by atoms with Gasteiger partial charge in [-0.15, -0.1) is 0 Å². The maximum absolute atomic E-state index is 11.1. The largest absolute Gasteiger partial charge is 0.497 e. The summed E-state index contributed by atoms with van der Waals surface area (Å²) < 4.78 is 11.6. The highest BCUT2D eigenvalue weighted by atomic mass is 16.5. The van der Waals surface area contributed by atoms with Crippen LogP contribution in [0.25, 0.3) is 28.1 Å². The Kier molecular flexibility index (Phi) is 5.25. The molecular formula is C29H25NO4. The van der Waals surface area contributed by atoms with Crippen LogP contribution in [0, 0.1) is 0 Å². The molecule has 1 aromatic heterocycles. The minimum absolute atomic E-state index is 0.269. The van der Waals surface area contributed by atoms with Crippen LogP contribution < -0.4 is 9.47 Å². The lowest BCUT2D eigenvalue weighted by Gasteiger charge is -2.31. The molecule has 0 radical (unpaired) electrons. The van der Waals surface area contributed by atoms with Crippen LogP contribution in [0.2, 0.25) is 0 Å². The molecule has 2 N–H and O–H groups in total. The Morgan fingerprint density at radius 3 is 2.12 bits per heavy atom. The highest BCUT2D eigenvalue weighted by Crippen LogP contribution is 2.41. The molecule has 0 fully saturated rings. The molecule has 170 valence electrons. The standard InChI is InChI=1S/C29H25NO4/c1-29(2)17-24(18-8-11-22(33-3)12-9-18)23-16-21(10-15-27(23)34-29)26-14-13-25(30-26)19-4-6-20(7-5-19)28(31)32/h4-17,30H,1-3H3,(H,31,32). The van der Waals surface area contributed by atoms with Gasteiger partial charge in [0.15, 0.2) is 0 Å². The van der Waals surface area contributed by atoms with Crippen LogP contribution >= 0.6 is 0 Å². The molecule has 5 heteroatoms. The van der Waals surface area contributed by atoms with Gasteiger partial charge in [0.1, 0.15) is 17.1 Å². The number of hydrogen-bond acceptors (Lipinski definition) is 3. The molecule has 5 rings (SSSR count). The molecule has 0 amide bonds. The van der Waals surface area contributed by atoms with E-state index < -0.39 is 11.6 Å². The molecule has 4 aromatic rings. The lowest BCUT2D eigenvalue weighted by Crippen LogP contribution is -2.29. The second-order valence-electron chi connectivity index (χ2n) is 8.87. The number of rotatable bonds is 5. The van der Waals surface area contributed by atoms with E-state index in [2.05, 4.69) is 49.2 Å². The zero-order valence-corrected chi connectivity index (χ0v) is 19.3. The van der Waals surface area contributed by atoms with Crippen LogP contribution in [0.1, 0.15) is 35.3 Å². The van der Waals surface area contributed by atoms with Gasteiger partial charge >= 0.3 is 5.97 Å². The number of carbonyl (C=O) groups is 1. The first-order chi connectivity index (χ1) is 16.3. The van der Waals surface area contributed by atoms with Crippen molar-refractivity contribution in [3.05, 3.63) is 102 Å². The van der Waals surface area contributed by atoms with E-state index in [4.69, 9.17) is 14.6 Å². The number of aromatic carboxylic acids is 1. The molecule has 5 nitrogen and oxygen atoms in total. The Labute approximate surface area is 198 Å². The average Bonchev–Trinajstić information content (AvgIpc) is 3.33. The van der Waals surface area contributed by atoms with E-state index in [1.54, 1.807) is 19.2 Å². The number of methoxy groups -OCH3 is 1. The SMILES string of the molecule is COc1ccc(C2=CC(C)(C)Oc3ccc(-c4ccc(-c5ccc(C(=O)O)cc5)[nH]4)cc32)cc1. The van der Waals surface area contributed by atoms with Crippen molar-refractivity contribution in [3.63, 3.8) is 0 Å². The number of aromatic nitrogens is 1. The minimum Gasteiger partial charge on any atom is -0.497 e. The Morgan fingerprint density at radius 1 is 0.853 bits per heavy atom. The number of nitrogens with one attached hydrogen (secondary N) is 1. The number of ether oxygens (including phenoxy) is 2. The Bertz CT molecular complexity index is 1390. The molecule has 34 heavy (non-hydrogen) atoms. The fourth-order valence-electron chi connectivity index (χ4n) is 4.27. The molecule has 0 spiro atoms. The van der Waals surface area contributed by atoms with E-state index in [1.807, 2.05) is 42.5 Å². The number of carboxylic acid groups (broad SMARTS) is 1. The zero-order valence-electron chi connectivity index (χ0n) is 19.3. The summed E-state index contributed by atoms with van der Waals surface area (Å²) in [4.78, 5) is 14.6. The Hall–Kier alpha value is -4.25. The normalized spacial score (nSPS) is 14.0. The molecule has 1 aliphatic rings. The smallest absolute Gasteiger partial charge is 0.335 e. The third-order valence-corrected chi connectivity index (χ3v) is 5.98. The monoisotopic (exact) mass is 451 g/mol. The van der Waals surface area contributed by atoms with Gasteiger partial charge in [-0.1, -0.05) is 24.3 Å². The molecule has 0 saturated carbocycles. The molecule has 0 bridgehead atoms. The van der Waals surface area contributed by atoms with Crippen LogP contribution in [0.5, 0.6) is 11.5 Å². The average molecular weight is 452 g/mol. The molecule has 0 saturated heterocycles. The third-order valence-electron chi connectivity index (χ3n) is 5.98. The molecule has 1 aliphatic heterocycles. The number of aromatic amines is 1. The van der Waals surface area contributed by atoms with Gasteiger partial charge in [0, 0.05) is 17.0 Å². The van der Waals surface area contributed by atoms with Crippen LogP contribution in [0.4, 0.5) is 0 Å².